The molecule has 22 heavy (non-hydrogen) atoms. The zero-order valence-electron chi connectivity index (χ0n) is 12.9. The molecular formula is C17H22N2O3. The molecule has 1 saturated heterocycles. The molecule has 0 aliphatic carbocycles. The first-order valence-electron chi connectivity index (χ1n) is 7.87. The third-order valence-electron chi connectivity index (χ3n) is 3.72. The number of para-hydroxylation sites is 1. The number of nitrogens with zero attached hydrogens (tertiary/aromatic N) is 1. The minimum atomic E-state index is 0.201. The second-order valence-electron chi connectivity index (χ2n) is 5.41. The predicted octanol–water partition coefficient (Wildman–Crippen LogP) is 3.01. The first kappa shape index (κ1) is 15.1. The van der Waals surface area contributed by atoms with Crippen molar-refractivity contribution in [1.82, 2.24) is 10.5 Å². The van der Waals surface area contributed by atoms with E-state index in [0.29, 0.717) is 13.2 Å². The van der Waals surface area contributed by atoms with Crippen LogP contribution in [0, 0.1) is 0 Å². The Bertz CT molecular complexity index is 591. The van der Waals surface area contributed by atoms with Gasteiger partial charge >= 0.3 is 0 Å². The summed E-state index contributed by atoms with van der Waals surface area (Å²) in [6.45, 7) is 5.10. The number of hydrogen-bond donors (Lipinski definition) is 1. The van der Waals surface area contributed by atoms with E-state index in [0.717, 1.165) is 48.8 Å². The van der Waals surface area contributed by atoms with Gasteiger partial charge in [-0.15, -0.1) is 0 Å². The molecule has 0 radical (unpaired) electrons. The number of nitrogens with one attached hydrogen (secondary N) is 1. The lowest BCUT2D eigenvalue weighted by Crippen LogP contribution is -2.16. The molecule has 1 aromatic carbocycles. The maximum atomic E-state index is 5.94. The van der Waals surface area contributed by atoms with Crippen molar-refractivity contribution < 1.29 is 14.0 Å². The van der Waals surface area contributed by atoms with Gasteiger partial charge in [0, 0.05) is 19.2 Å². The van der Waals surface area contributed by atoms with Gasteiger partial charge in [-0.2, -0.15) is 0 Å². The molecule has 1 unspecified atom stereocenters. The average molecular weight is 302 g/mol. The molecule has 0 saturated carbocycles. The smallest absolute Gasteiger partial charge is 0.170 e. The molecule has 2 heterocycles. The third-order valence-corrected chi connectivity index (χ3v) is 3.72. The Morgan fingerprint density at radius 1 is 1.36 bits per heavy atom. The van der Waals surface area contributed by atoms with Gasteiger partial charge in [-0.3, -0.25) is 0 Å². The van der Waals surface area contributed by atoms with E-state index in [9.17, 15) is 0 Å². The van der Waals surface area contributed by atoms with Crippen LogP contribution >= 0.6 is 0 Å². The van der Waals surface area contributed by atoms with Gasteiger partial charge in [0.2, 0.25) is 0 Å². The van der Waals surface area contributed by atoms with Crippen molar-refractivity contribution in [1.29, 1.82) is 0 Å². The standard InChI is InChI=1S/C17H22N2O3/c1-2-18-11-13-10-17(22-19-13)15-7-3-4-8-16(15)21-12-14-6-5-9-20-14/h3-4,7-8,10,14,18H,2,5-6,9,11-12H2,1H3. The summed E-state index contributed by atoms with van der Waals surface area (Å²) in [5, 5.41) is 7.33. The van der Waals surface area contributed by atoms with Crippen LogP contribution in [0.4, 0.5) is 0 Å². The molecule has 2 aromatic rings. The van der Waals surface area contributed by atoms with Crippen LogP contribution in [0.1, 0.15) is 25.5 Å². The second kappa shape index (κ2) is 7.42. The molecule has 1 aromatic heterocycles. The first-order chi connectivity index (χ1) is 10.9. The van der Waals surface area contributed by atoms with Crippen LogP contribution in [-0.4, -0.2) is 31.0 Å². The highest BCUT2D eigenvalue weighted by atomic mass is 16.5. The van der Waals surface area contributed by atoms with Crippen LogP contribution in [0.5, 0.6) is 5.75 Å². The molecule has 0 bridgehead atoms. The Balaban J connectivity index is 1.71. The fraction of sp³-hybridized carbons (Fsp3) is 0.471. The van der Waals surface area contributed by atoms with Gasteiger partial charge in [-0.25, -0.2) is 0 Å². The van der Waals surface area contributed by atoms with Crippen molar-refractivity contribution in [2.24, 2.45) is 0 Å². The van der Waals surface area contributed by atoms with Crippen LogP contribution < -0.4 is 10.1 Å². The van der Waals surface area contributed by atoms with E-state index in [2.05, 4.69) is 17.4 Å². The minimum Gasteiger partial charge on any atom is -0.490 e. The molecule has 5 heteroatoms. The van der Waals surface area contributed by atoms with Crippen molar-refractivity contribution in [2.45, 2.75) is 32.4 Å². The topological polar surface area (TPSA) is 56.5 Å². The van der Waals surface area contributed by atoms with Crippen LogP contribution in [-0.2, 0) is 11.3 Å². The van der Waals surface area contributed by atoms with E-state index in [1.165, 1.54) is 0 Å². The van der Waals surface area contributed by atoms with Crippen LogP contribution in [0.2, 0.25) is 0 Å². The average Bonchev–Trinajstić information content (AvgIpc) is 3.23. The minimum absolute atomic E-state index is 0.201. The predicted molar refractivity (Wildman–Crippen MR) is 83.8 cm³/mol. The molecule has 1 N–H and O–H groups in total. The normalized spacial score (nSPS) is 17.8. The quantitative estimate of drug-likeness (QED) is 0.852. The lowest BCUT2D eigenvalue weighted by molar-refractivity contribution is 0.0681. The van der Waals surface area contributed by atoms with Gasteiger partial charge in [0.1, 0.15) is 12.4 Å². The molecule has 5 nitrogen and oxygen atoms in total. The Morgan fingerprint density at radius 2 is 2.27 bits per heavy atom. The van der Waals surface area contributed by atoms with Crippen LogP contribution in [0.3, 0.4) is 0 Å². The Labute approximate surface area is 130 Å². The fourth-order valence-corrected chi connectivity index (χ4v) is 2.53. The van der Waals surface area contributed by atoms with E-state index < -0.39 is 0 Å². The third kappa shape index (κ3) is 3.67. The summed E-state index contributed by atoms with van der Waals surface area (Å²) in [7, 11) is 0. The van der Waals surface area contributed by atoms with Gasteiger partial charge in [-0.05, 0) is 31.5 Å². The summed E-state index contributed by atoms with van der Waals surface area (Å²) in [6.07, 6.45) is 2.38. The van der Waals surface area contributed by atoms with E-state index in [4.69, 9.17) is 14.0 Å². The zero-order valence-corrected chi connectivity index (χ0v) is 12.9. The van der Waals surface area contributed by atoms with Crippen molar-refractivity contribution in [3.8, 4) is 17.1 Å². The first-order valence-corrected chi connectivity index (χ1v) is 7.87. The fourth-order valence-electron chi connectivity index (χ4n) is 2.53. The van der Waals surface area contributed by atoms with E-state index in [1.54, 1.807) is 0 Å². The molecule has 1 fully saturated rings. The molecular weight excluding hydrogens is 280 g/mol. The van der Waals surface area contributed by atoms with Gasteiger partial charge in [0.15, 0.2) is 5.76 Å². The Kier molecular flexibility index (Phi) is 5.08. The molecule has 0 amide bonds. The lowest BCUT2D eigenvalue weighted by Gasteiger charge is -2.13. The number of aromatic nitrogens is 1. The Hall–Kier alpha value is -1.85. The van der Waals surface area contributed by atoms with Crippen molar-refractivity contribution in [2.75, 3.05) is 19.8 Å². The highest BCUT2D eigenvalue weighted by Crippen LogP contribution is 2.30. The van der Waals surface area contributed by atoms with Gasteiger partial charge < -0.3 is 19.3 Å². The molecule has 0 spiro atoms. The SMILES string of the molecule is CCNCc1cc(-c2ccccc2OCC2CCCO2)on1. The molecule has 118 valence electrons. The zero-order chi connectivity index (χ0) is 15.2. The van der Waals surface area contributed by atoms with Gasteiger partial charge in [-0.1, -0.05) is 24.2 Å². The van der Waals surface area contributed by atoms with Crippen molar-refractivity contribution >= 4 is 0 Å². The summed E-state index contributed by atoms with van der Waals surface area (Å²) in [5.41, 5.74) is 1.82. The summed E-state index contributed by atoms with van der Waals surface area (Å²) in [6, 6.07) is 9.83. The number of ether oxygens (including phenoxy) is 2. The molecule has 1 atom stereocenters. The van der Waals surface area contributed by atoms with Gasteiger partial charge in [0.05, 0.1) is 17.4 Å². The summed E-state index contributed by atoms with van der Waals surface area (Å²) in [5.74, 6) is 1.54. The number of benzene rings is 1. The molecule has 3 rings (SSSR count). The summed E-state index contributed by atoms with van der Waals surface area (Å²) >= 11 is 0. The lowest BCUT2D eigenvalue weighted by atomic mass is 10.1. The summed E-state index contributed by atoms with van der Waals surface area (Å²) in [4.78, 5) is 0. The maximum absolute atomic E-state index is 5.94. The van der Waals surface area contributed by atoms with Gasteiger partial charge in [0.25, 0.3) is 0 Å². The summed E-state index contributed by atoms with van der Waals surface area (Å²) < 4.78 is 17.0. The monoisotopic (exact) mass is 302 g/mol. The highest BCUT2D eigenvalue weighted by Gasteiger charge is 2.18. The highest BCUT2D eigenvalue weighted by molar-refractivity contribution is 5.65. The van der Waals surface area contributed by atoms with Crippen LogP contribution in [0.15, 0.2) is 34.9 Å². The maximum Gasteiger partial charge on any atom is 0.170 e. The van der Waals surface area contributed by atoms with E-state index in [-0.39, 0.29) is 6.10 Å². The largest absolute Gasteiger partial charge is 0.490 e. The Morgan fingerprint density at radius 3 is 3.09 bits per heavy atom. The van der Waals surface area contributed by atoms with Crippen molar-refractivity contribution in [3.05, 3.63) is 36.0 Å². The van der Waals surface area contributed by atoms with E-state index in [1.807, 2.05) is 30.3 Å². The molecule has 1 aliphatic heterocycles. The van der Waals surface area contributed by atoms with E-state index >= 15 is 0 Å². The molecule has 1 aliphatic rings. The number of rotatable bonds is 7. The van der Waals surface area contributed by atoms with Crippen molar-refractivity contribution in [3.63, 3.8) is 0 Å². The second-order valence-corrected chi connectivity index (χ2v) is 5.41. The van der Waals surface area contributed by atoms with Crippen LogP contribution in [0.25, 0.3) is 11.3 Å². The number of hydrogen-bond acceptors (Lipinski definition) is 5.